The minimum Gasteiger partial charge on any atom is -0.388 e. The number of hydrogen-bond donors (Lipinski definition) is 2. The third-order valence-electron chi connectivity index (χ3n) is 3.24. The van der Waals surface area contributed by atoms with Crippen molar-refractivity contribution in [3.63, 3.8) is 0 Å². The molecule has 1 aromatic carbocycles. The average Bonchev–Trinajstić information content (AvgIpc) is 3.07. The lowest BCUT2D eigenvalue weighted by atomic mass is 10.1. The zero-order valence-electron chi connectivity index (χ0n) is 9.21. The lowest BCUT2D eigenvalue weighted by Crippen LogP contribution is -2.03. The first-order chi connectivity index (χ1) is 8.31. The van der Waals surface area contributed by atoms with Crippen LogP contribution in [-0.2, 0) is 6.61 Å². The van der Waals surface area contributed by atoms with Crippen LogP contribution in [0.15, 0.2) is 30.3 Å². The van der Waals surface area contributed by atoms with Gasteiger partial charge in [-0.3, -0.25) is 9.67 Å². The Morgan fingerprint density at radius 1 is 1.41 bits per heavy atom. The standard InChI is InChI=1S/C12H13N3OS/c16-7-11-13-14-12(17)15(11)10-6-9(10)8-4-2-1-3-5-8/h1-5,9-10,16H,6-7H2,(H,14,17). The van der Waals surface area contributed by atoms with Crippen LogP contribution in [0.3, 0.4) is 0 Å². The molecule has 4 nitrogen and oxygen atoms in total. The van der Waals surface area contributed by atoms with E-state index in [0.717, 1.165) is 6.42 Å². The summed E-state index contributed by atoms with van der Waals surface area (Å²) in [7, 11) is 0. The molecule has 1 saturated carbocycles. The number of hydrogen-bond acceptors (Lipinski definition) is 3. The van der Waals surface area contributed by atoms with Gasteiger partial charge in [0, 0.05) is 12.0 Å². The van der Waals surface area contributed by atoms with E-state index in [1.165, 1.54) is 5.56 Å². The maximum absolute atomic E-state index is 9.22. The van der Waals surface area contributed by atoms with Crippen molar-refractivity contribution in [3.05, 3.63) is 46.5 Å². The first-order valence-corrected chi connectivity index (χ1v) is 6.03. The third kappa shape index (κ3) is 1.81. The molecule has 2 N–H and O–H groups in total. The van der Waals surface area contributed by atoms with Crippen molar-refractivity contribution in [2.24, 2.45) is 0 Å². The van der Waals surface area contributed by atoms with E-state index in [9.17, 15) is 5.11 Å². The highest BCUT2D eigenvalue weighted by Crippen LogP contribution is 2.51. The van der Waals surface area contributed by atoms with Gasteiger partial charge >= 0.3 is 0 Å². The van der Waals surface area contributed by atoms with Crippen LogP contribution < -0.4 is 0 Å². The van der Waals surface area contributed by atoms with Gasteiger partial charge in [0.15, 0.2) is 10.6 Å². The summed E-state index contributed by atoms with van der Waals surface area (Å²) in [6.45, 7) is -0.0782. The highest BCUT2D eigenvalue weighted by atomic mass is 32.1. The minimum absolute atomic E-state index is 0.0782. The molecule has 1 heterocycles. The molecule has 88 valence electrons. The lowest BCUT2D eigenvalue weighted by molar-refractivity contribution is 0.264. The third-order valence-corrected chi connectivity index (χ3v) is 3.52. The van der Waals surface area contributed by atoms with Crippen molar-refractivity contribution in [1.29, 1.82) is 0 Å². The Bertz CT molecular complexity index is 575. The average molecular weight is 247 g/mol. The van der Waals surface area contributed by atoms with Crippen LogP contribution in [0.1, 0.15) is 29.8 Å². The minimum atomic E-state index is -0.0782. The van der Waals surface area contributed by atoms with E-state index < -0.39 is 0 Å². The predicted octanol–water partition coefficient (Wildman–Crippen LogP) is 2.16. The molecular weight excluding hydrogens is 234 g/mol. The molecule has 0 bridgehead atoms. The number of aliphatic hydroxyl groups is 1. The highest BCUT2D eigenvalue weighted by Gasteiger charge is 2.41. The molecule has 1 aliphatic rings. The van der Waals surface area contributed by atoms with Gasteiger partial charge in [-0.05, 0) is 24.2 Å². The summed E-state index contributed by atoms with van der Waals surface area (Å²) in [4.78, 5) is 0. The van der Waals surface area contributed by atoms with Crippen molar-refractivity contribution in [2.45, 2.75) is 25.0 Å². The van der Waals surface area contributed by atoms with Crippen molar-refractivity contribution in [1.82, 2.24) is 14.8 Å². The molecule has 1 aromatic heterocycles. The maximum Gasteiger partial charge on any atom is 0.195 e. The summed E-state index contributed by atoms with van der Waals surface area (Å²) in [6, 6.07) is 10.7. The van der Waals surface area contributed by atoms with Crippen molar-refractivity contribution in [3.8, 4) is 0 Å². The second kappa shape index (κ2) is 4.09. The van der Waals surface area contributed by atoms with E-state index in [0.29, 0.717) is 22.6 Å². The van der Waals surface area contributed by atoms with E-state index >= 15 is 0 Å². The van der Waals surface area contributed by atoms with Gasteiger partial charge in [0.2, 0.25) is 0 Å². The highest BCUT2D eigenvalue weighted by molar-refractivity contribution is 7.71. The largest absolute Gasteiger partial charge is 0.388 e. The van der Waals surface area contributed by atoms with Crippen LogP contribution in [0, 0.1) is 4.77 Å². The fourth-order valence-electron chi connectivity index (χ4n) is 2.32. The Hall–Kier alpha value is -1.46. The number of aliphatic hydroxyl groups excluding tert-OH is 1. The van der Waals surface area contributed by atoms with Gasteiger partial charge in [-0.1, -0.05) is 30.3 Å². The first kappa shape index (κ1) is 10.7. The Morgan fingerprint density at radius 3 is 2.88 bits per heavy atom. The van der Waals surface area contributed by atoms with Gasteiger partial charge in [0.25, 0.3) is 0 Å². The van der Waals surface area contributed by atoms with Gasteiger partial charge in [0.05, 0.1) is 0 Å². The smallest absolute Gasteiger partial charge is 0.195 e. The molecule has 0 radical (unpaired) electrons. The van der Waals surface area contributed by atoms with Crippen molar-refractivity contribution >= 4 is 12.2 Å². The number of H-pyrrole nitrogens is 1. The number of nitrogens with zero attached hydrogens (tertiary/aromatic N) is 2. The molecule has 0 aliphatic heterocycles. The van der Waals surface area contributed by atoms with E-state index in [1.807, 2.05) is 22.8 Å². The van der Waals surface area contributed by atoms with Crippen molar-refractivity contribution < 1.29 is 5.11 Å². The first-order valence-electron chi connectivity index (χ1n) is 5.63. The number of aromatic amines is 1. The molecule has 3 rings (SSSR count). The van der Waals surface area contributed by atoms with Crippen LogP contribution in [0.4, 0.5) is 0 Å². The maximum atomic E-state index is 9.22. The van der Waals surface area contributed by atoms with Crippen LogP contribution in [-0.4, -0.2) is 19.9 Å². The molecule has 0 spiro atoms. The molecule has 5 heteroatoms. The summed E-state index contributed by atoms with van der Waals surface area (Å²) in [5.41, 5.74) is 1.32. The molecule has 1 fully saturated rings. The fraction of sp³-hybridized carbons (Fsp3) is 0.333. The van der Waals surface area contributed by atoms with Gasteiger partial charge in [-0.25, -0.2) is 0 Å². The summed E-state index contributed by atoms with van der Waals surface area (Å²) >= 11 is 5.19. The summed E-state index contributed by atoms with van der Waals surface area (Å²) in [6.07, 6.45) is 1.06. The predicted molar refractivity (Wildman–Crippen MR) is 66.2 cm³/mol. The van der Waals surface area contributed by atoms with Crippen LogP contribution in [0.2, 0.25) is 0 Å². The van der Waals surface area contributed by atoms with Gasteiger partial charge in [0.1, 0.15) is 6.61 Å². The SMILES string of the molecule is OCc1n[nH]c(=S)n1C1CC1c1ccccc1. The molecule has 2 atom stereocenters. The van der Waals surface area contributed by atoms with Crippen molar-refractivity contribution in [2.75, 3.05) is 0 Å². The molecule has 0 saturated heterocycles. The number of nitrogens with one attached hydrogen (secondary N) is 1. The van der Waals surface area contributed by atoms with E-state index in [1.54, 1.807) is 0 Å². The molecule has 2 unspecified atom stereocenters. The number of benzene rings is 1. The Balaban J connectivity index is 1.90. The second-order valence-corrected chi connectivity index (χ2v) is 4.68. The molecule has 17 heavy (non-hydrogen) atoms. The molecule has 2 aromatic rings. The van der Waals surface area contributed by atoms with E-state index in [4.69, 9.17) is 12.2 Å². The monoisotopic (exact) mass is 247 g/mol. The van der Waals surface area contributed by atoms with Crippen LogP contribution in [0.25, 0.3) is 0 Å². The van der Waals surface area contributed by atoms with Crippen LogP contribution >= 0.6 is 12.2 Å². The summed E-state index contributed by atoms with van der Waals surface area (Å²) in [5, 5.41) is 16.0. The number of aromatic nitrogens is 3. The Morgan fingerprint density at radius 2 is 2.18 bits per heavy atom. The summed E-state index contributed by atoms with van der Waals surface area (Å²) < 4.78 is 2.53. The topological polar surface area (TPSA) is 53.8 Å². The second-order valence-electron chi connectivity index (χ2n) is 4.29. The Labute approximate surface area is 104 Å². The zero-order chi connectivity index (χ0) is 11.8. The fourth-order valence-corrected chi connectivity index (χ4v) is 2.60. The van der Waals surface area contributed by atoms with Gasteiger partial charge in [-0.15, -0.1) is 0 Å². The quantitative estimate of drug-likeness (QED) is 0.817. The van der Waals surface area contributed by atoms with Crippen LogP contribution in [0.5, 0.6) is 0 Å². The number of rotatable bonds is 3. The van der Waals surface area contributed by atoms with E-state index in [-0.39, 0.29) is 6.61 Å². The lowest BCUT2D eigenvalue weighted by Gasteiger charge is -2.04. The molecular formula is C12H13N3OS. The molecule has 1 aliphatic carbocycles. The molecule has 0 amide bonds. The Kier molecular flexibility index (Phi) is 2.57. The normalized spacial score (nSPS) is 22.6. The van der Waals surface area contributed by atoms with E-state index in [2.05, 4.69) is 22.3 Å². The van der Waals surface area contributed by atoms with Gasteiger partial charge < -0.3 is 5.11 Å². The van der Waals surface area contributed by atoms with Gasteiger partial charge in [-0.2, -0.15) is 5.10 Å². The zero-order valence-corrected chi connectivity index (χ0v) is 10.0. The summed E-state index contributed by atoms with van der Waals surface area (Å²) in [5.74, 6) is 1.12.